The van der Waals surface area contributed by atoms with Crippen molar-refractivity contribution in [3.8, 4) is 0 Å². The van der Waals surface area contributed by atoms with Gasteiger partial charge in [-0.05, 0) is 6.42 Å². The van der Waals surface area contributed by atoms with Crippen LogP contribution in [0.25, 0.3) is 0 Å². The Kier molecular flexibility index (Phi) is 2.77. The lowest BCUT2D eigenvalue weighted by molar-refractivity contribution is -0.140. The lowest BCUT2D eigenvalue weighted by atomic mass is 10.0. The number of hydrogen-bond donors (Lipinski definition) is 2. The molecule has 2 amide bonds. The minimum Gasteiger partial charge on any atom is -0.465 e. The fourth-order valence-electron chi connectivity index (χ4n) is 1.97. The molecule has 0 spiro atoms. The van der Waals surface area contributed by atoms with Crippen molar-refractivity contribution in [2.45, 2.75) is 12.5 Å². The zero-order valence-electron chi connectivity index (χ0n) is 8.48. The Balaban J connectivity index is 1.92. The standard InChI is InChI=1S/C9H15N3O3/c13-8(11-5-2-10-3-6-11)7-1-4-12(7)9(14)15/h7,10H,1-6H2,(H,14,15)/t7-/m0/s1. The summed E-state index contributed by atoms with van der Waals surface area (Å²) in [5.74, 6) is -0.0369. The molecule has 2 aliphatic rings. The number of piperazine rings is 1. The zero-order chi connectivity index (χ0) is 10.8. The first kappa shape index (κ1) is 10.2. The molecule has 0 unspecified atom stereocenters. The molecule has 0 radical (unpaired) electrons. The summed E-state index contributed by atoms with van der Waals surface area (Å²) < 4.78 is 0. The van der Waals surface area contributed by atoms with E-state index in [4.69, 9.17) is 5.11 Å². The fourth-order valence-corrected chi connectivity index (χ4v) is 1.97. The minimum absolute atomic E-state index is 0.0369. The molecule has 2 rings (SSSR count). The predicted octanol–water partition coefficient (Wildman–Crippen LogP) is -0.829. The van der Waals surface area contributed by atoms with E-state index in [-0.39, 0.29) is 5.91 Å². The quantitative estimate of drug-likeness (QED) is 0.596. The molecule has 0 aromatic heterocycles. The molecule has 2 N–H and O–H groups in total. The first-order chi connectivity index (χ1) is 7.20. The van der Waals surface area contributed by atoms with Crippen molar-refractivity contribution in [1.82, 2.24) is 15.1 Å². The summed E-state index contributed by atoms with van der Waals surface area (Å²) in [7, 11) is 0. The highest BCUT2D eigenvalue weighted by molar-refractivity contribution is 5.87. The summed E-state index contributed by atoms with van der Waals surface area (Å²) in [5.41, 5.74) is 0. The minimum atomic E-state index is -0.991. The van der Waals surface area contributed by atoms with Gasteiger partial charge in [-0.25, -0.2) is 4.79 Å². The van der Waals surface area contributed by atoms with Gasteiger partial charge in [-0.1, -0.05) is 0 Å². The van der Waals surface area contributed by atoms with Crippen molar-refractivity contribution < 1.29 is 14.7 Å². The summed E-state index contributed by atoms with van der Waals surface area (Å²) in [6.07, 6.45) is -0.329. The van der Waals surface area contributed by atoms with Crippen LogP contribution in [-0.2, 0) is 4.79 Å². The van der Waals surface area contributed by atoms with Crippen molar-refractivity contribution >= 4 is 12.0 Å². The average molecular weight is 213 g/mol. The molecule has 2 heterocycles. The van der Waals surface area contributed by atoms with E-state index in [1.165, 1.54) is 4.90 Å². The average Bonchev–Trinajstić information content (AvgIpc) is 2.16. The number of rotatable bonds is 1. The Morgan fingerprint density at radius 1 is 1.20 bits per heavy atom. The lowest BCUT2D eigenvalue weighted by Gasteiger charge is -2.41. The number of likely N-dealkylation sites (tertiary alicyclic amines) is 1. The zero-order valence-corrected chi connectivity index (χ0v) is 8.48. The molecule has 0 aromatic rings. The molecule has 2 aliphatic heterocycles. The number of carbonyl (C=O) groups is 2. The summed E-state index contributed by atoms with van der Waals surface area (Å²) in [6.45, 7) is 3.44. The van der Waals surface area contributed by atoms with Crippen molar-refractivity contribution in [2.24, 2.45) is 0 Å². The van der Waals surface area contributed by atoms with Crippen LogP contribution < -0.4 is 5.32 Å². The number of hydrogen-bond acceptors (Lipinski definition) is 3. The number of nitrogens with one attached hydrogen (secondary N) is 1. The van der Waals surface area contributed by atoms with Gasteiger partial charge in [0.05, 0.1) is 0 Å². The highest BCUT2D eigenvalue weighted by Gasteiger charge is 2.39. The van der Waals surface area contributed by atoms with Crippen LogP contribution in [0.15, 0.2) is 0 Å². The molecule has 15 heavy (non-hydrogen) atoms. The van der Waals surface area contributed by atoms with Gasteiger partial charge in [-0.2, -0.15) is 0 Å². The van der Waals surface area contributed by atoms with Crippen LogP contribution in [0.5, 0.6) is 0 Å². The molecule has 2 saturated heterocycles. The van der Waals surface area contributed by atoms with Crippen LogP contribution >= 0.6 is 0 Å². The smallest absolute Gasteiger partial charge is 0.407 e. The molecular formula is C9H15N3O3. The van der Waals surface area contributed by atoms with E-state index in [0.29, 0.717) is 26.1 Å². The molecule has 0 saturated carbocycles. The molecule has 2 fully saturated rings. The van der Waals surface area contributed by atoms with Crippen molar-refractivity contribution in [1.29, 1.82) is 0 Å². The Morgan fingerprint density at radius 3 is 2.33 bits per heavy atom. The fraction of sp³-hybridized carbons (Fsp3) is 0.778. The van der Waals surface area contributed by atoms with E-state index in [2.05, 4.69) is 5.32 Å². The molecule has 6 nitrogen and oxygen atoms in total. The molecule has 0 bridgehead atoms. The Labute approximate surface area is 87.8 Å². The monoisotopic (exact) mass is 213 g/mol. The van der Waals surface area contributed by atoms with Gasteiger partial charge < -0.3 is 15.3 Å². The number of amides is 2. The van der Waals surface area contributed by atoms with Gasteiger partial charge in [0.25, 0.3) is 0 Å². The predicted molar refractivity (Wildman–Crippen MR) is 52.6 cm³/mol. The topological polar surface area (TPSA) is 72.9 Å². The second-order valence-electron chi connectivity index (χ2n) is 3.86. The maximum atomic E-state index is 11.9. The van der Waals surface area contributed by atoms with Crippen LogP contribution in [0, 0.1) is 0 Å². The molecule has 6 heteroatoms. The van der Waals surface area contributed by atoms with Gasteiger partial charge in [0.15, 0.2) is 0 Å². The highest BCUT2D eigenvalue weighted by atomic mass is 16.4. The SMILES string of the molecule is O=C([C@@H]1CCN1C(=O)O)N1CCNCC1. The second kappa shape index (κ2) is 4.06. The van der Waals surface area contributed by atoms with Gasteiger partial charge in [0.1, 0.15) is 6.04 Å². The van der Waals surface area contributed by atoms with E-state index in [0.717, 1.165) is 13.1 Å². The van der Waals surface area contributed by atoms with Gasteiger partial charge in [0.2, 0.25) is 5.91 Å². The number of carbonyl (C=O) groups excluding carboxylic acids is 1. The number of nitrogens with zero attached hydrogens (tertiary/aromatic N) is 2. The molecule has 0 aromatic carbocycles. The summed E-state index contributed by atoms with van der Waals surface area (Å²) in [6, 6.07) is -0.430. The van der Waals surface area contributed by atoms with Crippen LogP contribution in [0.3, 0.4) is 0 Å². The Morgan fingerprint density at radius 2 is 1.87 bits per heavy atom. The molecular weight excluding hydrogens is 198 g/mol. The third-order valence-electron chi connectivity index (χ3n) is 2.98. The summed E-state index contributed by atoms with van der Waals surface area (Å²) in [5, 5.41) is 11.9. The maximum Gasteiger partial charge on any atom is 0.407 e. The summed E-state index contributed by atoms with van der Waals surface area (Å²) in [4.78, 5) is 25.6. The van der Waals surface area contributed by atoms with Crippen LogP contribution in [-0.4, -0.2) is 65.7 Å². The molecule has 0 aliphatic carbocycles. The Hall–Kier alpha value is -1.30. The first-order valence-electron chi connectivity index (χ1n) is 5.19. The van der Waals surface area contributed by atoms with E-state index >= 15 is 0 Å². The second-order valence-corrected chi connectivity index (χ2v) is 3.86. The third kappa shape index (κ3) is 1.90. The lowest BCUT2D eigenvalue weighted by Crippen LogP contribution is -2.60. The van der Waals surface area contributed by atoms with Crippen LogP contribution in [0.2, 0.25) is 0 Å². The van der Waals surface area contributed by atoms with Crippen LogP contribution in [0.1, 0.15) is 6.42 Å². The third-order valence-corrected chi connectivity index (χ3v) is 2.98. The highest BCUT2D eigenvalue weighted by Crippen LogP contribution is 2.19. The van der Waals surface area contributed by atoms with Gasteiger partial charge in [0, 0.05) is 32.7 Å². The van der Waals surface area contributed by atoms with Crippen molar-refractivity contribution in [2.75, 3.05) is 32.7 Å². The van der Waals surface area contributed by atoms with Crippen LogP contribution in [0.4, 0.5) is 4.79 Å². The van der Waals surface area contributed by atoms with E-state index in [9.17, 15) is 9.59 Å². The molecule has 84 valence electrons. The van der Waals surface area contributed by atoms with Gasteiger partial charge >= 0.3 is 6.09 Å². The van der Waals surface area contributed by atoms with E-state index < -0.39 is 12.1 Å². The maximum absolute atomic E-state index is 11.9. The van der Waals surface area contributed by atoms with Gasteiger partial charge in [-0.3, -0.25) is 9.69 Å². The molecule has 1 atom stereocenters. The van der Waals surface area contributed by atoms with E-state index in [1.807, 2.05) is 0 Å². The van der Waals surface area contributed by atoms with Crippen molar-refractivity contribution in [3.63, 3.8) is 0 Å². The number of carboxylic acid groups (broad SMARTS) is 1. The largest absolute Gasteiger partial charge is 0.465 e. The van der Waals surface area contributed by atoms with E-state index in [1.54, 1.807) is 4.90 Å². The van der Waals surface area contributed by atoms with Gasteiger partial charge in [-0.15, -0.1) is 0 Å². The Bertz CT molecular complexity index is 276. The first-order valence-corrected chi connectivity index (χ1v) is 5.19. The summed E-state index contributed by atoms with van der Waals surface area (Å²) >= 11 is 0. The van der Waals surface area contributed by atoms with Crippen molar-refractivity contribution in [3.05, 3.63) is 0 Å². The normalized spacial score (nSPS) is 26.0.